The third-order valence-electron chi connectivity index (χ3n) is 4.07. The van der Waals surface area contributed by atoms with Crippen LogP contribution in [0, 0.1) is 5.82 Å². The number of aromatic nitrogens is 5. The highest BCUT2D eigenvalue weighted by atomic mass is 35.5. The Morgan fingerprint density at radius 3 is 2.57 bits per heavy atom. The van der Waals surface area contributed by atoms with E-state index in [1.165, 1.54) is 23.1 Å². The van der Waals surface area contributed by atoms with Gasteiger partial charge in [0.05, 0.1) is 6.54 Å². The number of carbonyl (C=O) groups excluding carboxylic acids is 1. The molecular formula is C20H16ClFN6O2. The molecule has 0 spiro atoms. The van der Waals surface area contributed by atoms with Gasteiger partial charge in [-0.25, -0.2) is 18.7 Å². The summed E-state index contributed by atoms with van der Waals surface area (Å²) in [5.74, 6) is 0.0361. The molecule has 0 unspecified atom stereocenters. The predicted molar refractivity (Wildman–Crippen MR) is 108 cm³/mol. The minimum absolute atomic E-state index is 0.138. The monoisotopic (exact) mass is 426 g/mol. The van der Waals surface area contributed by atoms with Crippen molar-refractivity contribution < 1.29 is 13.9 Å². The lowest BCUT2D eigenvalue weighted by molar-refractivity contribution is 0.101. The Balaban J connectivity index is 1.32. The van der Waals surface area contributed by atoms with E-state index in [1.807, 2.05) is 0 Å². The first-order valence-corrected chi connectivity index (χ1v) is 9.30. The molecule has 8 nitrogen and oxygen atoms in total. The third-order valence-corrected chi connectivity index (χ3v) is 4.32. The van der Waals surface area contributed by atoms with Crippen LogP contribution in [-0.2, 0) is 13.3 Å². The lowest BCUT2D eigenvalue weighted by Crippen LogP contribution is -2.15. The van der Waals surface area contributed by atoms with Crippen molar-refractivity contribution in [2.24, 2.45) is 0 Å². The minimum Gasteiger partial charge on any atom is -0.471 e. The SMILES string of the molecule is O=C(Nc1ncn(Cc2ccc(F)cc2)n1)c1ccn(COc2ccc(Cl)cc2)n1. The van der Waals surface area contributed by atoms with Crippen molar-refractivity contribution in [1.29, 1.82) is 0 Å². The van der Waals surface area contributed by atoms with E-state index in [4.69, 9.17) is 16.3 Å². The van der Waals surface area contributed by atoms with Crippen LogP contribution < -0.4 is 10.1 Å². The van der Waals surface area contributed by atoms with Gasteiger partial charge in [-0.15, -0.1) is 5.10 Å². The van der Waals surface area contributed by atoms with E-state index < -0.39 is 5.91 Å². The number of benzene rings is 2. The molecule has 2 aromatic heterocycles. The van der Waals surface area contributed by atoms with Crippen molar-refractivity contribution in [3.8, 4) is 5.75 Å². The van der Waals surface area contributed by atoms with Crippen molar-refractivity contribution in [2.75, 3.05) is 5.32 Å². The Hall–Kier alpha value is -3.72. The number of hydrogen-bond donors (Lipinski definition) is 1. The Labute approximate surface area is 175 Å². The molecule has 0 saturated heterocycles. The lowest BCUT2D eigenvalue weighted by atomic mass is 10.2. The Kier molecular flexibility index (Phi) is 5.71. The van der Waals surface area contributed by atoms with Crippen molar-refractivity contribution in [2.45, 2.75) is 13.3 Å². The van der Waals surface area contributed by atoms with Gasteiger partial charge in [-0.3, -0.25) is 10.1 Å². The fraction of sp³-hybridized carbons (Fsp3) is 0.100. The molecule has 0 aliphatic carbocycles. The van der Waals surface area contributed by atoms with E-state index >= 15 is 0 Å². The second-order valence-corrected chi connectivity index (χ2v) is 6.75. The predicted octanol–water partition coefficient (Wildman–Crippen LogP) is 3.60. The smallest absolute Gasteiger partial charge is 0.278 e. The van der Waals surface area contributed by atoms with Gasteiger partial charge < -0.3 is 4.74 Å². The van der Waals surface area contributed by atoms with E-state index in [0.29, 0.717) is 17.3 Å². The van der Waals surface area contributed by atoms with E-state index in [2.05, 4.69) is 20.5 Å². The van der Waals surface area contributed by atoms with Crippen LogP contribution in [0.4, 0.5) is 10.3 Å². The lowest BCUT2D eigenvalue weighted by Gasteiger charge is -2.05. The Morgan fingerprint density at radius 2 is 1.80 bits per heavy atom. The summed E-state index contributed by atoms with van der Waals surface area (Å²) >= 11 is 5.84. The molecule has 0 bridgehead atoms. The van der Waals surface area contributed by atoms with Crippen LogP contribution in [0.15, 0.2) is 67.1 Å². The van der Waals surface area contributed by atoms with E-state index in [9.17, 15) is 9.18 Å². The van der Waals surface area contributed by atoms with Gasteiger partial charge in [0, 0.05) is 11.2 Å². The highest BCUT2D eigenvalue weighted by molar-refractivity contribution is 6.30. The molecule has 0 radical (unpaired) electrons. The summed E-state index contributed by atoms with van der Waals surface area (Å²) in [6.45, 7) is 0.541. The second kappa shape index (κ2) is 8.75. The normalized spacial score (nSPS) is 10.7. The molecule has 4 rings (SSSR count). The van der Waals surface area contributed by atoms with E-state index in [0.717, 1.165) is 5.56 Å². The van der Waals surface area contributed by atoms with Crippen LogP contribution in [-0.4, -0.2) is 30.5 Å². The number of amides is 1. The highest BCUT2D eigenvalue weighted by Crippen LogP contribution is 2.16. The first kappa shape index (κ1) is 19.6. The zero-order valence-corrected chi connectivity index (χ0v) is 16.3. The van der Waals surface area contributed by atoms with Crippen LogP contribution in [0.1, 0.15) is 16.1 Å². The zero-order valence-electron chi connectivity index (χ0n) is 15.6. The van der Waals surface area contributed by atoms with Gasteiger partial charge in [0.1, 0.15) is 17.9 Å². The van der Waals surface area contributed by atoms with Gasteiger partial charge in [-0.05, 0) is 48.0 Å². The fourth-order valence-corrected chi connectivity index (χ4v) is 2.72. The Morgan fingerprint density at radius 1 is 1.03 bits per heavy atom. The standard InChI is InChI=1S/C20H16ClFN6O2/c21-15-3-7-17(8-4-15)30-13-27-10-9-18(25-27)19(29)24-20-23-12-28(26-20)11-14-1-5-16(22)6-2-14/h1-10,12H,11,13H2,(H,24,26,29). The average molecular weight is 427 g/mol. The molecule has 2 heterocycles. The molecule has 1 N–H and O–H groups in total. The molecule has 0 fully saturated rings. The molecule has 152 valence electrons. The summed E-state index contributed by atoms with van der Waals surface area (Å²) in [5, 5.41) is 11.6. The van der Waals surface area contributed by atoms with E-state index in [1.54, 1.807) is 53.3 Å². The van der Waals surface area contributed by atoms with Gasteiger partial charge >= 0.3 is 0 Å². The van der Waals surface area contributed by atoms with Gasteiger partial charge in [0.2, 0.25) is 5.95 Å². The number of anilines is 1. The number of ether oxygens (including phenoxy) is 1. The van der Waals surface area contributed by atoms with Gasteiger partial charge in [-0.1, -0.05) is 23.7 Å². The molecule has 4 aromatic rings. The summed E-state index contributed by atoms with van der Waals surface area (Å²) in [7, 11) is 0. The first-order valence-electron chi connectivity index (χ1n) is 8.92. The molecule has 2 aromatic carbocycles. The largest absolute Gasteiger partial charge is 0.471 e. The summed E-state index contributed by atoms with van der Waals surface area (Å²) in [6, 6.07) is 14.6. The molecule has 10 heteroatoms. The Bertz CT molecular complexity index is 1140. The molecule has 1 amide bonds. The number of nitrogens with zero attached hydrogens (tertiary/aromatic N) is 5. The van der Waals surface area contributed by atoms with Crippen molar-refractivity contribution in [3.05, 3.63) is 89.2 Å². The number of carbonyl (C=O) groups is 1. The summed E-state index contributed by atoms with van der Waals surface area (Å²) < 4.78 is 21.6. The van der Waals surface area contributed by atoms with Crippen LogP contribution >= 0.6 is 11.6 Å². The number of hydrogen-bond acceptors (Lipinski definition) is 5. The third kappa shape index (κ3) is 5.00. The van der Waals surface area contributed by atoms with E-state index in [-0.39, 0.29) is 24.2 Å². The fourth-order valence-electron chi connectivity index (χ4n) is 2.60. The minimum atomic E-state index is -0.445. The molecule has 0 aliphatic rings. The van der Waals surface area contributed by atoms with Crippen molar-refractivity contribution in [1.82, 2.24) is 24.5 Å². The second-order valence-electron chi connectivity index (χ2n) is 6.31. The quantitative estimate of drug-likeness (QED) is 0.488. The van der Waals surface area contributed by atoms with Gasteiger partial charge in [0.15, 0.2) is 12.4 Å². The molecule has 0 atom stereocenters. The highest BCUT2D eigenvalue weighted by Gasteiger charge is 2.12. The summed E-state index contributed by atoms with van der Waals surface area (Å²) in [4.78, 5) is 16.4. The van der Waals surface area contributed by atoms with Crippen molar-refractivity contribution >= 4 is 23.5 Å². The van der Waals surface area contributed by atoms with Crippen molar-refractivity contribution in [3.63, 3.8) is 0 Å². The molecule has 0 aliphatic heterocycles. The number of rotatable bonds is 7. The first-order chi connectivity index (χ1) is 14.5. The molecular weight excluding hydrogens is 411 g/mol. The number of halogens is 2. The van der Waals surface area contributed by atoms with Gasteiger partial charge in [-0.2, -0.15) is 5.10 Å². The van der Waals surface area contributed by atoms with Crippen LogP contribution in [0.3, 0.4) is 0 Å². The molecule has 30 heavy (non-hydrogen) atoms. The van der Waals surface area contributed by atoms with Crippen LogP contribution in [0.2, 0.25) is 5.02 Å². The zero-order chi connectivity index (χ0) is 20.9. The van der Waals surface area contributed by atoms with Gasteiger partial charge in [0.25, 0.3) is 5.91 Å². The topological polar surface area (TPSA) is 86.9 Å². The summed E-state index contributed by atoms with van der Waals surface area (Å²) in [5.41, 5.74) is 1.06. The van der Waals surface area contributed by atoms with Crippen LogP contribution in [0.5, 0.6) is 5.75 Å². The number of nitrogens with one attached hydrogen (secondary N) is 1. The van der Waals surface area contributed by atoms with Crippen LogP contribution in [0.25, 0.3) is 0 Å². The average Bonchev–Trinajstić information content (AvgIpc) is 3.39. The maximum atomic E-state index is 13.0. The molecule has 0 saturated carbocycles. The summed E-state index contributed by atoms with van der Waals surface area (Å²) in [6.07, 6.45) is 3.11. The maximum Gasteiger partial charge on any atom is 0.278 e. The maximum absolute atomic E-state index is 13.0.